The summed E-state index contributed by atoms with van der Waals surface area (Å²) in [5, 5.41) is 0. The number of nitrogens with zero attached hydrogens (tertiary/aromatic N) is 3. The van der Waals surface area contributed by atoms with Gasteiger partial charge in [0.1, 0.15) is 0 Å². The van der Waals surface area contributed by atoms with Crippen molar-refractivity contribution in [2.24, 2.45) is 10.7 Å². The van der Waals surface area contributed by atoms with Crippen LogP contribution in [0.2, 0.25) is 0 Å². The zero-order valence-corrected chi connectivity index (χ0v) is 9.87. The predicted octanol–water partition coefficient (Wildman–Crippen LogP) is 0.491. The fourth-order valence-electron chi connectivity index (χ4n) is 2.88. The SMILES string of the molecule is CCN1C(N)=NCC12CCCN(C)CC2. The molecular formula is C11H22N4. The van der Waals surface area contributed by atoms with Crippen LogP contribution in [0.3, 0.4) is 0 Å². The second-order valence-corrected chi connectivity index (χ2v) is 4.80. The van der Waals surface area contributed by atoms with Crippen LogP contribution < -0.4 is 5.73 Å². The van der Waals surface area contributed by atoms with Crippen molar-refractivity contribution in [3.05, 3.63) is 0 Å². The summed E-state index contributed by atoms with van der Waals surface area (Å²) in [6.07, 6.45) is 3.69. The Morgan fingerprint density at radius 3 is 2.93 bits per heavy atom. The Labute approximate surface area is 92.1 Å². The first-order valence-corrected chi connectivity index (χ1v) is 5.94. The van der Waals surface area contributed by atoms with Crippen LogP contribution in [0.15, 0.2) is 4.99 Å². The average molecular weight is 210 g/mol. The summed E-state index contributed by atoms with van der Waals surface area (Å²) >= 11 is 0. The number of hydrogen-bond donors (Lipinski definition) is 1. The highest BCUT2D eigenvalue weighted by Gasteiger charge is 2.41. The van der Waals surface area contributed by atoms with E-state index in [2.05, 4.69) is 28.8 Å². The molecule has 0 amide bonds. The number of nitrogens with two attached hydrogens (primary N) is 1. The smallest absolute Gasteiger partial charge is 0.191 e. The van der Waals surface area contributed by atoms with Gasteiger partial charge in [-0.05, 0) is 39.8 Å². The van der Waals surface area contributed by atoms with E-state index in [0.717, 1.165) is 19.0 Å². The van der Waals surface area contributed by atoms with E-state index in [1.165, 1.54) is 32.4 Å². The minimum Gasteiger partial charge on any atom is -0.370 e. The molecular weight excluding hydrogens is 188 g/mol. The number of likely N-dealkylation sites (tertiary alicyclic amines) is 1. The summed E-state index contributed by atoms with van der Waals surface area (Å²) in [5.41, 5.74) is 6.18. The molecule has 4 heteroatoms. The van der Waals surface area contributed by atoms with Gasteiger partial charge >= 0.3 is 0 Å². The normalized spacial score (nSPS) is 33.2. The molecule has 1 unspecified atom stereocenters. The lowest BCUT2D eigenvalue weighted by Gasteiger charge is -2.38. The van der Waals surface area contributed by atoms with Crippen LogP contribution >= 0.6 is 0 Å². The monoisotopic (exact) mass is 210 g/mol. The third kappa shape index (κ3) is 1.83. The Kier molecular flexibility index (Phi) is 2.87. The third-order valence-corrected chi connectivity index (χ3v) is 3.84. The Bertz CT molecular complexity index is 263. The fourth-order valence-corrected chi connectivity index (χ4v) is 2.88. The largest absolute Gasteiger partial charge is 0.370 e. The highest BCUT2D eigenvalue weighted by atomic mass is 15.4. The Balaban J connectivity index is 2.12. The third-order valence-electron chi connectivity index (χ3n) is 3.84. The highest BCUT2D eigenvalue weighted by molar-refractivity contribution is 5.81. The molecule has 0 radical (unpaired) electrons. The van der Waals surface area contributed by atoms with Crippen molar-refractivity contribution in [2.75, 3.05) is 33.2 Å². The van der Waals surface area contributed by atoms with Crippen LogP contribution in [0.1, 0.15) is 26.2 Å². The maximum absolute atomic E-state index is 5.94. The maximum Gasteiger partial charge on any atom is 0.191 e. The van der Waals surface area contributed by atoms with E-state index in [9.17, 15) is 0 Å². The van der Waals surface area contributed by atoms with Crippen LogP contribution in [0.5, 0.6) is 0 Å². The molecule has 1 atom stereocenters. The second-order valence-electron chi connectivity index (χ2n) is 4.80. The van der Waals surface area contributed by atoms with Crippen LogP contribution in [0, 0.1) is 0 Å². The molecule has 0 bridgehead atoms. The van der Waals surface area contributed by atoms with E-state index in [1.54, 1.807) is 0 Å². The van der Waals surface area contributed by atoms with E-state index in [-0.39, 0.29) is 5.54 Å². The average Bonchev–Trinajstić information content (AvgIpc) is 2.39. The molecule has 0 aromatic heterocycles. The Morgan fingerprint density at radius 1 is 1.40 bits per heavy atom. The van der Waals surface area contributed by atoms with Crippen molar-refractivity contribution in [2.45, 2.75) is 31.7 Å². The molecule has 0 aromatic rings. The molecule has 1 spiro atoms. The first-order valence-electron chi connectivity index (χ1n) is 5.94. The van der Waals surface area contributed by atoms with Crippen LogP contribution in [-0.2, 0) is 0 Å². The van der Waals surface area contributed by atoms with Gasteiger partial charge in [-0.3, -0.25) is 4.99 Å². The summed E-state index contributed by atoms with van der Waals surface area (Å²) in [6, 6.07) is 0. The number of likely N-dealkylation sites (N-methyl/N-ethyl adjacent to an activating group) is 1. The van der Waals surface area contributed by atoms with Crippen LogP contribution in [0.25, 0.3) is 0 Å². The van der Waals surface area contributed by atoms with Crippen LogP contribution in [0.4, 0.5) is 0 Å². The lowest BCUT2D eigenvalue weighted by atomic mass is 9.89. The lowest BCUT2D eigenvalue weighted by molar-refractivity contribution is 0.181. The summed E-state index contributed by atoms with van der Waals surface area (Å²) in [6.45, 7) is 6.43. The van der Waals surface area contributed by atoms with Crippen molar-refractivity contribution >= 4 is 5.96 Å². The molecule has 15 heavy (non-hydrogen) atoms. The van der Waals surface area contributed by atoms with Crippen molar-refractivity contribution in [3.8, 4) is 0 Å². The molecule has 2 aliphatic heterocycles. The Hall–Kier alpha value is -0.770. The molecule has 2 N–H and O–H groups in total. The van der Waals surface area contributed by atoms with Gasteiger partial charge < -0.3 is 15.5 Å². The number of aliphatic imine (C=N–C) groups is 1. The van der Waals surface area contributed by atoms with E-state index >= 15 is 0 Å². The number of guanidine groups is 1. The van der Waals surface area contributed by atoms with Crippen molar-refractivity contribution in [1.82, 2.24) is 9.80 Å². The van der Waals surface area contributed by atoms with E-state index in [4.69, 9.17) is 5.73 Å². The standard InChI is InChI=1S/C11H22N4/c1-3-15-10(12)13-9-11(15)5-4-7-14(2)8-6-11/h3-9H2,1-2H3,(H2,12,13). The van der Waals surface area contributed by atoms with E-state index in [1.807, 2.05) is 0 Å². The molecule has 0 aromatic carbocycles. The summed E-state index contributed by atoms with van der Waals surface area (Å²) < 4.78 is 0. The van der Waals surface area contributed by atoms with Gasteiger partial charge in [0.15, 0.2) is 5.96 Å². The number of hydrogen-bond acceptors (Lipinski definition) is 4. The van der Waals surface area contributed by atoms with E-state index < -0.39 is 0 Å². The molecule has 2 heterocycles. The molecule has 1 fully saturated rings. The van der Waals surface area contributed by atoms with Gasteiger partial charge in [0, 0.05) is 13.1 Å². The van der Waals surface area contributed by atoms with Crippen molar-refractivity contribution < 1.29 is 0 Å². The summed E-state index contributed by atoms with van der Waals surface area (Å²) in [5.74, 6) is 0.752. The Morgan fingerprint density at radius 2 is 2.20 bits per heavy atom. The van der Waals surface area contributed by atoms with Gasteiger partial charge in [-0.15, -0.1) is 0 Å². The molecule has 86 valence electrons. The molecule has 2 rings (SSSR count). The highest BCUT2D eigenvalue weighted by Crippen LogP contribution is 2.32. The molecule has 1 saturated heterocycles. The van der Waals surface area contributed by atoms with Gasteiger partial charge in [0.05, 0.1) is 12.1 Å². The zero-order chi connectivity index (χ0) is 10.9. The molecule has 0 saturated carbocycles. The lowest BCUT2D eigenvalue weighted by Crippen LogP contribution is -2.51. The van der Waals surface area contributed by atoms with Gasteiger partial charge in [0.25, 0.3) is 0 Å². The fraction of sp³-hybridized carbons (Fsp3) is 0.909. The van der Waals surface area contributed by atoms with Gasteiger partial charge in [0.2, 0.25) is 0 Å². The topological polar surface area (TPSA) is 44.9 Å². The van der Waals surface area contributed by atoms with Gasteiger partial charge in [-0.25, -0.2) is 0 Å². The minimum atomic E-state index is 0.240. The van der Waals surface area contributed by atoms with Gasteiger partial charge in [-0.1, -0.05) is 0 Å². The first kappa shape index (κ1) is 10.7. The zero-order valence-electron chi connectivity index (χ0n) is 9.87. The van der Waals surface area contributed by atoms with Crippen LogP contribution in [-0.4, -0.2) is 54.5 Å². The first-order chi connectivity index (χ1) is 7.18. The molecule has 0 aliphatic carbocycles. The van der Waals surface area contributed by atoms with Crippen molar-refractivity contribution in [3.63, 3.8) is 0 Å². The maximum atomic E-state index is 5.94. The van der Waals surface area contributed by atoms with Gasteiger partial charge in [-0.2, -0.15) is 0 Å². The van der Waals surface area contributed by atoms with Crippen molar-refractivity contribution in [1.29, 1.82) is 0 Å². The predicted molar refractivity (Wildman–Crippen MR) is 62.9 cm³/mol. The molecule has 4 nitrogen and oxygen atoms in total. The molecule has 2 aliphatic rings. The summed E-state index contributed by atoms with van der Waals surface area (Å²) in [7, 11) is 2.20. The number of rotatable bonds is 1. The van der Waals surface area contributed by atoms with E-state index in [0.29, 0.717) is 0 Å². The second kappa shape index (κ2) is 4.00. The minimum absolute atomic E-state index is 0.240. The quantitative estimate of drug-likeness (QED) is 0.685. The summed E-state index contributed by atoms with van der Waals surface area (Å²) in [4.78, 5) is 9.16.